The van der Waals surface area contributed by atoms with Crippen molar-refractivity contribution in [3.05, 3.63) is 48.0 Å². The molecule has 0 aliphatic carbocycles. The summed E-state index contributed by atoms with van der Waals surface area (Å²) < 4.78 is 0. The van der Waals surface area contributed by atoms with E-state index in [0.717, 1.165) is 0 Å². The van der Waals surface area contributed by atoms with Gasteiger partial charge in [-0.1, -0.05) is 83.1 Å². The molecular formula is C16H26. The minimum Gasteiger partial charge on any atom is -0.0776 e. The van der Waals surface area contributed by atoms with Gasteiger partial charge < -0.3 is 0 Å². The third-order valence-electron chi connectivity index (χ3n) is 1.90. The van der Waals surface area contributed by atoms with Crippen molar-refractivity contribution in [3.8, 4) is 0 Å². The molecule has 0 saturated heterocycles. The Balaban J connectivity index is 0. The van der Waals surface area contributed by atoms with Gasteiger partial charge in [0.05, 0.1) is 0 Å². The monoisotopic (exact) mass is 218 g/mol. The number of hydrogen-bond acceptors (Lipinski definition) is 0. The molecule has 0 heterocycles. The molecule has 0 aliphatic rings. The van der Waals surface area contributed by atoms with Crippen molar-refractivity contribution in [1.29, 1.82) is 0 Å². The molecule has 2 aromatic carbocycles. The third-order valence-corrected chi connectivity index (χ3v) is 1.90. The summed E-state index contributed by atoms with van der Waals surface area (Å²) in [4.78, 5) is 0. The van der Waals surface area contributed by atoms with Gasteiger partial charge in [0.25, 0.3) is 0 Å². The van der Waals surface area contributed by atoms with E-state index in [0.29, 0.717) is 0 Å². The van der Waals surface area contributed by atoms with Crippen LogP contribution in [0.2, 0.25) is 0 Å². The van der Waals surface area contributed by atoms with Crippen LogP contribution >= 0.6 is 0 Å². The summed E-state index contributed by atoms with van der Waals surface area (Å²) in [7, 11) is 0. The van der Waals surface area contributed by atoms with Crippen LogP contribution in [-0.4, -0.2) is 0 Å². The van der Waals surface area contributed by atoms with Crippen LogP contribution in [0.25, 0.3) is 10.8 Å². The van der Waals surface area contributed by atoms with Crippen molar-refractivity contribution in [2.45, 2.75) is 42.0 Å². The van der Waals surface area contributed by atoms with Crippen LogP contribution in [0.3, 0.4) is 0 Å². The van der Waals surface area contributed by atoms with Crippen LogP contribution in [0, 0.1) is 6.92 Å². The van der Waals surface area contributed by atoms with Crippen molar-refractivity contribution >= 4 is 10.8 Å². The Kier molecular flexibility index (Phi) is 10.9. The minimum atomic E-state index is 0. The van der Waals surface area contributed by atoms with Gasteiger partial charge in [-0.15, -0.1) is 0 Å². The number of rotatable bonds is 0. The molecule has 2 aromatic rings. The number of benzene rings is 2. The lowest BCUT2D eigenvalue weighted by Crippen LogP contribution is -1.73. The maximum Gasteiger partial charge on any atom is -0.0181 e. The molecule has 0 amide bonds. The first-order valence-corrected chi connectivity index (χ1v) is 5.82. The van der Waals surface area contributed by atoms with Gasteiger partial charge in [-0.3, -0.25) is 0 Å². The van der Waals surface area contributed by atoms with Gasteiger partial charge in [0.1, 0.15) is 0 Å². The van der Waals surface area contributed by atoms with E-state index in [1.807, 2.05) is 27.7 Å². The number of aryl methyl sites for hydroxylation is 1. The van der Waals surface area contributed by atoms with Crippen LogP contribution in [0.5, 0.6) is 0 Å². The number of hydrogen-bond donors (Lipinski definition) is 0. The van der Waals surface area contributed by atoms with Crippen LogP contribution in [0.1, 0.15) is 40.7 Å². The summed E-state index contributed by atoms with van der Waals surface area (Å²) in [5.41, 5.74) is 1.32. The lowest BCUT2D eigenvalue weighted by molar-refractivity contribution is 1.50. The molecule has 0 unspecified atom stereocenters. The van der Waals surface area contributed by atoms with E-state index >= 15 is 0 Å². The standard InChI is InChI=1S/C11H10.2C2H6.CH4/c1-9-6-7-10-4-2-3-5-11(10)8-9;2*1-2;/h2-8H,1H3;2*1-2H3;1H4. The quantitative estimate of drug-likeness (QED) is 0.521. The highest BCUT2D eigenvalue weighted by molar-refractivity contribution is 5.82. The van der Waals surface area contributed by atoms with Crippen LogP contribution in [0.4, 0.5) is 0 Å². The summed E-state index contributed by atoms with van der Waals surface area (Å²) in [6.07, 6.45) is 0. The average Bonchev–Trinajstić information content (AvgIpc) is 2.34. The first-order chi connectivity index (χ1) is 7.36. The molecule has 0 atom stereocenters. The van der Waals surface area contributed by atoms with Gasteiger partial charge in [-0.05, 0) is 17.7 Å². The molecule has 0 spiro atoms. The largest absolute Gasteiger partial charge is 0.0776 e. The van der Waals surface area contributed by atoms with Crippen LogP contribution < -0.4 is 0 Å². The van der Waals surface area contributed by atoms with Gasteiger partial charge >= 0.3 is 0 Å². The first kappa shape index (κ1) is 17.1. The predicted molar refractivity (Wildman–Crippen MR) is 78.1 cm³/mol. The molecule has 0 fully saturated rings. The predicted octanol–water partition coefficient (Wildman–Crippen LogP) is 5.84. The lowest BCUT2D eigenvalue weighted by atomic mass is 10.1. The van der Waals surface area contributed by atoms with Gasteiger partial charge in [-0.2, -0.15) is 0 Å². The molecule has 0 aromatic heterocycles. The molecule has 0 radical (unpaired) electrons. The van der Waals surface area contributed by atoms with Crippen molar-refractivity contribution in [3.63, 3.8) is 0 Å². The SMILES string of the molecule is C.CC.CC.Cc1ccc2ccccc2c1. The smallest absolute Gasteiger partial charge is 0.0181 e. The zero-order valence-electron chi connectivity index (χ0n) is 10.5. The van der Waals surface area contributed by atoms with E-state index in [9.17, 15) is 0 Å². The highest BCUT2D eigenvalue weighted by atomic mass is 13.9. The van der Waals surface area contributed by atoms with E-state index < -0.39 is 0 Å². The molecule has 2 rings (SSSR count). The molecule has 16 heavy (non-hydrogen) atoms. The van der Waals surface area contributed by atoms with Crippen molar-refractivity contribution in [2.75, 3.05) is 0 Å². The second kappa shape index (κ2) is 10.2. The number of fused-ring (bicyclic) bond motifs is 1. The fourth-order valence-electron chi connectivity index (χ4n) is 1.31. The first-order valence-electron chi connectivity index (χ1n) is 5.82. The molecule has 0 aliphatic heterocycles. The zero-order chi connectivity index (χ0) is 11.7. The molecule has 0 nitrogen and oxygen atoms in total. The Labute approximate surface area is 101 Å². The summed E-state index contributed by atoms with van der Waals surface area (Å²) in [6.45, 7) is 10.1. The second-order valence-electron chi connectivity index (χ2n) is 2.85. The van der Waals surface area contributed by atoms with Gasteiger partial charge in [0.2, 0.25) is 0 Å². The zero-order valence-corrected chi connectivity index (χ0v) is 10.5. The summed E-state index contributed by atoms with van der Waals surface area (Å²) in [5, 5.41) is 2.64. The lowest BCUT2D eigenvalue weighted by Gasteiger charge is -1.96. The van der Waals surface area contributed by atoms with E-state index in [1.165, 1.54) is 16.3 Å². The van der Waals surface area contributed by atoms with Crippen molar-refractivity contribution in [2.24, 2.45) is 0 Å². The van der Waals surface area contributed by atoms with E-state index in [1.54, 1.807) is 0 Å². The second-order valence-corrected chi connectivity index (χ2v) is 2.85. The average molecular weight is 218 g/mol. The summed E-state index contributed by atoms with van der Waals surface area (Å²) in [6, 6.07) is 14.9. The van der Waals surface area contributed by atoms with E-state index in [-0.39, 0.29) is 7.43 Å². The summed E-state index contributed by atoms with van der Waals surface area (Å²) in [5.74, 6) is 0. The molecule has 0 bridgehead atoms. The molecule has 0 saturated carbocycles. The molecule has 0 N–H and O–H groups in total. The van der Waals surface area contributed by atoms with Gasteiger partial charge in [0.15, 0.2) is 0 Å². The third kappa shape index (κ3) is 4.97. The molecular weight excluding hydrogens is 192 g/mol. The van der Waals surface area contributed by atoms with Gasteiger partial charge in [-0.25, -0.2) is 0 Å². The Morgan fingerprint density at radius 2 is 1.19 bits per heavy atom. The van der Waals surface area contributed by atoms with E-state index in [2.05, 4.69) is 49.4 Å². The van der Waals surface area contributed by atoms with Crippen LogP contribution in [0.15, 0.2) is 42.5 Å². The Morgan fingerprint density at radius 3 is 1.75 bits per heavy atom. The fraction of sp³-hybridized carbons (Fsp3) is 0.375. The van der Waals surface area contributed by atoms with E-state index in [4.69, 9.17) is 0 Å². The topological polar surface area (TPSA) is 0 Å². The highest BCUT2D eigenvalue weighted by Crippen LogP contribution is 2.14. The Morgan fingerprint density at radius 1 is 0.688 bits per heavy atom. The van der Waals surface area contributed by atoms with Gasteiger partial charge in [0, 0.05) is 0 Å². The minimum absolute atomic E-state index is 0. The van der Waals surface area contributed by atoms with Crippen molar-refractivity contribution in [1.82, 2.24) is 0 Å². The van der Waals surface area contributed by atoms with Crippen LogP contribution in [-0.2, 0) is 0 Å². The summed E-state index contributed by atoms with van der Waals surface area (Å²) >= 11 is 0. The normalized spacial score (nSPS) is 7.81. The van der Waals surface area contributed by atoms with Crippen molar-refractivity contribution < 1.29 is 0 Å². The Bertz CT molecular complexity index is 374. The highest BCUT2D eigenvalue weighted by Gasteiger charge is 1.89. The molecule has 90 valence electrons. The fourth-order valence-corrected chi connectivity index (χ4v) is 1.31. The maximum absolute atomic E-state index is 2.20. The maximum atomic E-state index is 2.20. The molecule has 0 heteroatoms. The Hall–Kier alpha value is -1.30.